The van der Waals surface area contributed by atoms with Gasteiger partial charge in [0.15, 0.2) is 5.34 Å². The first-order chi connectivity index (χ1) is 5.54. The monoisotopic (exact) mass is 177 g/mol. The minimum atomic E-state index is -1.06. The molecule has 0 aromatic rings. The smallest absolute Gasteiger partial charge is 0.310 e. The molecule has 0 heterocycles. The van der Waals surface area contributed by atoms with Crippen LogP contribution in [-0.2, 0) is 14.4 Å². The molecule has 0 atom stereocenters. The van der Waals surface area contributed by atoms with E-state index in [4.69, 9.17) is 10.0 Å². The van der Waals surface area contributed by atoms with Crippen LogP contribution in [0.4, 0.5) is 0 Å². The highest BCUT2D eigenvalue weighted by atomic mass is 16.7. The summed E-state index contributed by atoms with van der Waals surface area (Å²) in [5.74, 6) is -1.37. The van der Waals surface area contributed by atoms with Crippen molar-refractivity contribution in [3.05, 3.63) is 4.91 Å². The third kappa shape index (κ3) is 23.6. The van der Waals surface area contributed by atoms with Crippen LogP contribution in [-0.4, -0.2) is 23.5 Å². The summed E-state index contributed by atoms with van der Waals surface area (Å²) in [6.45, 7) is 3.30. The van der Waals surface area contributed by atoms with E-state index in [-0.39, 0.29) is 12.2 Å². The van der Waals surface area contributed by atoms with Gasteiger partial charge in [0.25, 0.3) is 0 Å². The zero-order valence-electron chi connectivity index (χ0n) is 6.94. The van der Waals surface area contributed by atoms with Crippen LogP contribution in [0.3, 0.4) is 0 Å². The summed E-state index contributed by atoms with van der Waals surface area (Å²) in [7, 11) is 0. The molecule has 1 N–H and O–H groups in total. The molecule has 0 aromatic heterocycles. The number of ketones is 1. The number of Topliss-reactive ketones (excluding diaryl/α,β-unsaturated/α-hetero) is 1. The van der Waals surface area contributed by atoms with Gasteiger partial charge in [0.2, 0.25) is 0 Å². The van der Waals surface area contributed by atoms with E-state index >= 15 is 0 Å². The molecule has 0 rings (SSSR count). The average Bonchev–Trinajstić information content (AvgIpc) is 1.87. The second kappa shape index (κ2) is 9.54. The second-order valence-corrected chi connectivity index (χ2v) is 1.76. The lowest BCUT2D eigenvalue weighted by atomic mass is 10.3. The Morgan fingerprint density at radius 1 is 1.50 bits per heavy atom. The Balaban J connectivity index is 0. The zero-order valence-corrected chi connectivity index (χ0v) is 6.94. The highest BCUT2D eigenvalue weighted by Gasteiger charge is 1.98. The van der Waals surface area contributed by atoms with Crippen molar-refractivity contribution >= 4 is 11.8 Å². The SMILES string of the molecule is CC(=O)CC(=O)O.CCON=O. The van der Waals surface area contributed by atoms with Crippen molar-refractivity contribution in [1.29, 1.82) is 0 Å². The molecule has 0 amide bonds. The fraction of sp³-hybridized carbons (Fsp3) is 0.667. The van der Waals surface area contributed by atoms with E-state index in [2.05, 4.69) is 10.2 Å². The third-order valence-electron chi connectivity index (χ3n) is 0.582. The Morgan fingerprint density at radius 3 is 2.00 bits per heavy atom. The van der Waals surface area contributed by atoms with Gasteiger partial charge in [-0.2, -0.15) is 0 Å². The van der Waals surface area contributed by atoms with Gasteiger partial charge in [0.05, 0.1) is 0 Å². The molecule has 70 valence electrons. The largest absolute Gasteiger partial charge is 0.481 e. The lowest BCUT2D eigenvalue weighted by Gasteiger charge is -1.80. The molecule has 0 saturated carbocycles. The third-order valence-corrected chi connectivity index (χ3v) is 0.582. The summed E-state index contributed by atoms with van der Waals surface area (Å²) in [4.78, 5) is 32.3. The van der Waals surface area contributed by atoms with E-state index in [9.17, 15) is 9.59 Å². The van der Waals surface area contributed by atoms with Crippen molar-refractivity contribution in [1.82, 2.24) is 0 Å². The molecule has 0 saturated heterocycles. The Hall–Kier alpha value is -1.46. The number of carboxylic acid groups (broad SMARTS) is 1. The van der Waals surface area contributed by atoms with E-state index < -0.39 is 5.97 Å². The summed E-state index contributed by atoms with van der Waals surface area (Å²) in [5, 5.41) is 9.97. The van der Waals surface area contributed by atoms with E-state index in [1.807, 2.05) is 0 Å². The van der Waals surface area contributed by atoms with Gasteiger partial charge >= 0.3 is 5.97 Å². The molecule has 0 aliphatic heterocycles. The molecular formula is C6H11NO5. The second-order valence-electron chi connectivity index (χ2n) is 1.76. The van der Waals surface area contributed by atoms with Crippen molar-refractivity contribution < 1.29 is 19.5 Å². The molecule has 0 radical (unpaired) electrons. The molecule has 0 fully saturated rings. The molecule has 0 spiro atoms. The molecule has 6 nitrogen and oxygen atoms in total. The molecule has 12 heavy (non-hydrogen) atoms. The minimum Gasteiger partial charge on any atom is -0.481 e. The fourth-order valence-corrected chi connectivity index (χ4v) is 0.266. The van der Waals surface area contributed by atoms with E-state index in [0.29, 0.717) is 6.61 Å². The van der Waals surface area contributed by atoms with Gasteiger partial charge in [-0.05, 0) is 13.8 Å². The molecule has 0 aliphatic carbocycles. The number of carbonyl (C=O) groups is 2. The topological polar surface area (TPSA) is 93.0 Å². The first-order valence-electron chi connectivity index (χ1n) is 3.20. The number of hydrogen-bond acceptors (Lipinski definition) is 5. The predicted molar refractivity (Wildman–Crippen MR) is 40.4 cm³/mol. The number of aliphatic carboxylic acids is 1. The van der Waals surface area contributed by atoms with Gasteiger partial charge in [0, 0.05) is 0 Å². The minimum absolute atomic E-state index is 0.312. The quantitative estimate of drug-likeness (QED) is 0.388. The molecule has 0 unspecified atom stereocenters. The first kappa shape index (κ1) is 13.2. The van der Waals surface area contributed by atoms with Crippen LogP contribution in [0, 0.1) is 4.91 Å². The normalized spacial score (nSPS) is 7.50. The molecule has 0 aromatic carbocycles. The van der Waals surface area contributed by atoms with Crippen LogP contribution >= 0.6 is 0 Å². The van der Waals surface area contributed by atoms with Crippen LogP contribution in [0.15, 0.2) is 5.34 Å². The van der Waals surface area contributed by atoms with Crippen LogP contribution in [0.5, 0.6) is 0 Å². The van der Waals surface area contributed by atoms with E-state index in [0.717, 1.165) is 0 Å². The maximum absolute atomic E-state index is 9.87. The Bertz CT molecular complexity index is 144. The van der Waals surface area contributed by atoms with E-state index in [1.54, 1.807) is 6.92 Å². The van der Waals surface area contributed by atoms with Crippen LogP contribution < -0.4 is 0 Å². The Labute approximate surface area is 69.4 Å². The number of rotatable bonds is 4. The highest BCUT2D eigenvalue weighted by Crippen LogP contribution is 1.77. The zero-order chi connectivity index (χ0) is 9.98. The van der Waals surface area contributed by atoms with Gasteiger partial charge < -0.3 is 9.94 Å². The van der Waals surface area contributed by atoms with Crippen molar-refractivity contribution in [3.63, 3.8) is 0 Å². The van der Waals surface area contributed by atoms with Crippen molar-refractivity contribution in [3.8, 4) is 0 Å². The molecule has 6 heteroatoms. The van der Waals surface area contributed by atoms with Gasteiger partial charge in [-0.1, -0.05) is 0 Å². The Morgan fingerprint density at radius 2 is 2.00 bits per heavy atom. The molecular weight excluding hydrogens is 166 g/mol. The highest BCUT2D eigenvalue weighted by molar-refractivity contribution is 5.93. The number of carboxylic acids is 1. The standard InChI is InChI=1S/C4H6O3.C2H5NO2/c1-3(5)2-4(6)7;1-2-5-3-4/h2H2,1H3,(H,6,7);2H2,1H3. The average molecular weight is 177 g/mol. The predicted octanol–water partition coefficient (Wildman–Crippen LogP) is 0.754. The van der Waals surface area contributed by atoms with Crippen molar-refractivity contribution in [2.75, 3.05) is 6.61 Å². The summed E-state index contributed by atoms with van der Waals surface area (Å²) in [6, 6.07) is 0. The van der Waals surface area contributed by atoms with Crippen molar-refractivity contribution in [2.45, 2.75) is 20.3 Å². The molecule has 0 bridgehead atoms. The number of hydrogen-bond donors (Lipinski definition) is 1. The summed E-state index contributed by atoms with van der Waals surface area (Å²) >= 11 is 0. The van der Waals surface area contributed by atoms with E-state index in [1.165, 1.54) is 6.92 Å². The van der Waals surface area contributed by atoms with Gasteiger partial charge in [-0.15, -0.1) is 4.91 Å². The summed E-state index contributed by atoms with van der Waals surface area (Å²) in [6.07, 6.45) is -0.361. The van der Waals surface area contributed by atoms with Crippen LogP contribution in [0.2, 0.25) is 0 Å². The Kier molecular flexibility index (Phi) is 10.5. The maximum Gasteiger partial charge on any atom is 0.310 e. The lowest BCUT2D eigenvalue weighted by molar-refractivity contribution is -0.139. The first-order valence-corrected chi connectivity index (χ1v) is 3.20. The summed E-state index contributed by atoms with van der Waals surface area (Å²) < 4.78 is 0. The van der Waals surface area contributed by atoms with Crippen molar-refractivity contribution in [2.24, 2.45) is 5.34 Å². The van der Waals surface area contributed by atoms with Gasteiger partial charge in [0.1, 0.15) is 18.8 Å². The van der Waals surface area contributed by atoms with Crippen LogP contribution in [0.25, 0.3) is 0 Å². The summed E-state index contributed by atoms with van der Waals surface area (Å²) in [5.41, 5.74) is 0. The number of nitrogens with zero attached hydrogens (tertiary/aromatic N) is 1. The van der Waals surface area contributed by atoms with Gasteiger partial charge in [-0.25, -0.2) is 0 Å². The fourth-order valence-electron chi connectivity index (χ4n) is 0.266. The molecule has 0 aliphatic rings. The lowest BCUT2D eigenvalue weighted by Crippen LogP contribution is -2.00. The van der Waals surface area contributed by atoms with Gasteiger partial charge in [-0.3, -0.25) is 9.59 Å². The number of carbonyl (C=O) groups excluding carboxylic acids is 1. The maximum atomic E-state index is 9.87. The van der Waals surface area contributed by atoms with Crippen LogP contribution in [0.1, 0.15) is 20.3 Å².